The summed E-state index contributed by atoms with van der Waals surface area (Å²) in [6, 6.07) is 0.378. The highest BCUT2D eigenvalue weighted by molar-refractivity contribution is 5.73. The quantitative estimate of drug-likeness (QED) is 0.897. The predicted molar refractivity (Wildman–Crippen MR) is 81.6 cm³/mol. The van der Waals surface area contributed by atoms with Gasteiger partial charge < -0.3 is 14.5 Å². The zero-order valence-electron chi connectivity index (χ0n) is 13.5. The maximum absolute atomic E-state index is 11.5. The summed E-state index contributed by atoms with van der Waals surface area (Å²) >= 11 is 0. The van der Waals surface area contributed by atoms with Gasteiger partial charge in [-0.05, 0) is 32.1 Å². The molecule has 1 saturated carbocycles. The maximum Gasteiger partial charge on any atom is 0.244 e. The van der Waals surface area contributed by atoms with Gasteiger partial charge in [-0.25, -0.2) is 0 Å². The number of amides is 1. The van der Waals surface area contributed by atoms with Gasteiger partial charge in [0, 0.05) is 38.5 Å². The second kappa shape index (κ2) is 5.87. The lowest BCUT2D eigenvalue weighted by molar-refractivity contribution is -0.130. The number of carbonyl (C=O) groups excluding carboxylic acids is 1. The Kier molecular flexibility index (Phi) is 3.85. The molecule has 1 amide bonds. The molecule has 126 valence electrons. The van der Waals surface area contributed by atoms with Crippen LogP contribution in [-0.2, 0) is 4.79 Å². The number of aromatic nitrogens is 2. The second-order valence-electron chi connectivity index (χ2n) is 7.10. The summed E-state index contributed by atoms with van der Waals surface area (Å²) in [6.45, 7) is 3.85. The fourth-order valence-electron chi connectivity index (χ4n) is 3.89. The monoisotopic (exact) mass is 320 g/mol. The van der Waals surface area contributed by atoms with Crippen molar-refractivity contribution >= 4 is 5.91 Å². The molecule has 3 aliphatic rings. The molecule has 7 nitrogen and oxygen atoms in total. The van der Waals surface area contributed by atoms with E-state index in [1.165, 1.54) is 0 Å². The molecule has 0 aromatic carbocycles. The van der Waals surface area contributed by atoms with E-state index in [4.69, 9.17) is 4.52 Å². The first kappa shape index (κ1) is 15.1. The molecule has 7 heteroatoms. The second-order valence-corrected chi connectivity index (χ2v) is 7.10. The Morgan fingerprint density at radius 2 is 2.00 bits per heavy atom. The SMILES string of the molecule is CC(=O)N1CCC(N2CC(O)CC2c2nc(C3CC3)no2)CC1. The van der Waals surface area contributed by atoms with Crippen LogP contribution >= 0.6 is 0 Å². The summed E-state index contributed by atoms with van der Waals surface area (Å²) in [4.78, 5) is 20.3. The number of hydrogen-bond acceptors (Lipinski definition) is 6. The lowest BCUT2D eigenvalue weighted by Gasteiger charge is -2.38. The minimum Gasteiger partial charge on any atom is -0.392 e. The van der Waals surface area contributed by atoms with E-state index in [1.807, 2.05) is 4.90 Å². The number of hydrogen-bond donors (Lipinski definition) is 1. The first-order valence-electron chi connectivity index (χ1n) is 8.64. The van der Waals surface area contributed by atoms with Gasteiger partial charge in [0.25, 0.3) is 0 Å². The van der Waals surface area contributed by atoms with Crippen LogP contribution in [0.3, 0.4) is 0 Å². The molecular formula is C16H24N4O3. The predicted octanol–water partition coefficient (Wildman–Crippen LogP) is 1.07. The first-order valence-corrected chi connectivity index (χ1v) is 8.64. The number of rotatable bonds is 3. The number of carbonyl (C=O) groups is 1. The third-order valence-electron chi connectivity index (χ3n) is 5.38. The average Bonchev–Trinajstić information content (AvgIpc) is 3.15. The lowest BCUT2D eigenvalue weighted by atomic mass is 10.0. The number of aliphatic hydroxyl groups is 1. The van der Waals surface area contributed by atoms with Gasteiger partial charge >= 0.3 is 0 Å². The van der Waals surface area contributed by atoms with E-state index < -0.39 is 0 Å². The number of piperidine rings is 1. The number of β-amino-alcohol motifs (C(OH)–C–C–N with tert-alkyl or cyclic N) is 1. The summed E-state index contributed by atoms with van der Waals surface area (Å²) in [6.07, 6.45) is 4.49. The Morgan fingerprint density at radius 1 is 1.26 bits per heavy atom. The maximum atomic E-state index is 11.5. The molecule has 1 N–H and O–H groups in total. The molecule has 3 heterocycles. The Hall–Kier alpha value is -1.47. The van der Waals surface area contributed by atoms with Crippen molar-refractivity contribution in [2.24, 2.45) is 0 Å². The summed E-state index contributed by atoms with van der Waals surface area (Å²) in [5, 5.41) is 14.2. The molecular weight excluding hydrogens is 296 g/mol. The molecule has 23 heavy (non-hydrogen) atoms. The van der Waals surface area contributed by atoms with Crippen molar-refractivity contribution in [3.8, 4) is 0 Å². The van der Waals surface area contributed by atoms with Crippen LogP contribution in [0.4, 0.5) is 0 Å². The van der Waals surface area contributed by atoms with E-state index >= 15 is 0 Å². The molecule has 3 fully saturated rings. The van der Waals surface area contributed by atoms with Crippen molar-refractivity contribution in [1.29, 1.82) is 0 Å². The van der Waals surface area contributed by atoms with Crippen LogP contribution < -0.4 is 0 Å². The highest BCUT2D eigenvalue weighted by Gasteiger charge is 2.41. The van der Waals surface area contributed by atoms with Crippen LogP contribution in [0.2, 0.25) is 0 Å². The van der Waals surface area contributed by atoms with Crippen LogP contribution in [-0.4, -0.2) is 62.7 Å². The van der Waals surface area contributed by atoms with E-state index in [0.29, 0.717) is 30.8 Å². The summed E-state index contributed by atoms with van der Waals surface area (Å²) in [5.41, 5.74) is 0. The van der Waals surface area contributed by atoms with Crippen LogP contribution in [0.25, 0.3) is 0 Å². The Balaban J connectivity index is 1.46. The normalized spacial score (nSPS) is 30.1. The fraction of sp³-hybridized carbons (Fsp3) is 0.812. The van der Waals surface area contributed by atoms with Gasteiger partial charge in [0.2, 0.25) is 11.8 Å². The largest absolute Gasteiger partial charge is 0.392 e. The standard InChI is InChI=1S/C16H24N4O3/c1-10(21)19-6-4-12(5-7-19)20-9-13(22)8-14(20)16-17-15(18-23-16)11-2-3-11/h11-14,22H,2-9H2,1H3. The van der Waals surface area contributed by atoms with Crippen molar-refractivity contribution in [2.45, 2.75) is 63.1 Å². The van der Waals surface area contributed by atoms with Crippen molar-refractivity contribution in [2.75, 3.05) is 19.6 Å². The Morgan fingerprint density at radius 3 is 2.65 bits per heavy atom. The van der Waals surface area contributed by atoms with Gasteiger partial charge in [0.15, 0.2) is 5.82 Å². The van der Waals surface area contributed by atoms with Gasteiger partial charge in [-0.3, -0.25) is 9.69 Å². The van der Waals surface area contributed by atoms with Crippen LogP contribution in [0, 0.1) is 0 Å². The molecule has 2 unspecified atom stereocenters. The topological polar surface area (TPSA) is 82.7 Å². The zero-order chi connectivity index (χ0) is 16.0. The average molecular weight is 320 g/mol. The van der Waals surface area contributed by atoms with Crippen LogP contribution in [0.5, 0.6) is 0 Å². The molecule has 0 bridgehead atoms. The van der Waals surface area contributed by atoms with Crippen LogP contribution in [0.1, 0.15) is 62.7 Å². The summed E-state index contributed by atoms with van der Waals surface area (Å²) < 4.78 is 5.50. The van der Waals surface area contributed by atoms with E-state index in [2.05, 4.69) is 15.0 Å². The van der Waals surface area contributed by atoms with Gasteiger partial charge in [-0.1, -0.05) is 5.16 Å². The molecule has 4 rings (SSSR count). The first-order chi connectivity index (χ1) is 11.1. The molecule has 0 radical (unpaired) electrons. The Bertz CT molecular complexity index is 578. The molecule has 2 aliphatic heterocycles. The summed E-state index contributed by atoms with van der Waals surface area (Å²) in [5.74, 6) is 2.10. The smallest absolute Gasteiger partial charge is 0.244 e. The Labute approximate surface area is 135 Å². The van der Waals surface area contributed by atoms with Crippen molar-refractivity contribution < 1.29 is 14.4 Å². The third-order valence-corrected chi connectivity index (χ3v) is 5.38. The van der Waals surface area contributed by atoms with Gasteiger partial charge in [0.05, 0.1) is 12.1 Å². The molecule has 2 saturated heterocycles. The fourth-order valence-corrected chi connectivity index (χ4v) is 3.89. The zero-order valence-corrected chi connectivity index (χ0v) is 13.5. The number of aliphatic hydroxyl groups excluding tert-OH is 1. The highest BCUT2D eigenvalue weighted by atomic mass is 16.5. The van der Waals surface area contributed by atoms with Crippen LogP contribution in [0.15, 0.2) is 4.52 Å². The van der Waals surface area contributed by atoms with Gasteiger partial charge in [-0.2, -0.15) is 4.98 Å². The highest BCUT2D eigenvalue weighted by Crippen LogP contribution is 2.40. The molecule has 1 aromatic heterocycles. The van der Waals surface area contributed by atoms with E-state index in [0.717, 1.165) is 44.6 Å². The number of likely N-dealkylation sites (tertiary alicyclic amines) is 2. The summed E-state index contributed by atoms with van der Waals surface area (Å²) in [7, 11) is 0. The third kappa shape index (κ3) is 2.99. The van der Waals surface area contributed by atoms with Crippen molar-refractivity contribution in [3.05, 3.63) is 11.7 Å². The molecule has 2 atom stereocenters. The molecule has 0 spiro atoms. The molecule has 1 aliphatic carbocycles. The lowest BCUT2D eigenvalue weighted by Crippen LogP contribution is -2.46. The minimum absolute atomic E-state index is 0.0129. The van der Waals surface area contributed by atoms with Gasteiger partial charge in [0.1, 0.15) is 0 Å². The van der Waals surface area contributed by atoms with Crippen molar-refractivity contribution in [3.63, 3.8) is 0 Å². The minimum atomic E-state index is -0.345. The van der Waals surface area contributed by atoms with E-state index in [9.17, 15) is 9.90 Å². The number of nitrogens with zero attached hydrogens (tertiary/aromatic N) is 4. The van der Waals surface area contributed by atoms with Gasteiger partial charge in [-0.15, -0.1) is 0 Å². The van der Waals surface area contributed by atoms with E-state index in [1.54, 1.807) is 6.92 Å². The van der Waals surface area contributed by atoms with Crippen molar-refractivity contribution in [1.82, 2.24) is 19.9 Å². The molecule has 1 aromatic rings. The van der Waals surface area contributed by atoms with E-state index in [-0.39, 0.29) is 18.1 Å².